The zero-order chi connectivity index (χ0) is 13.1. The number of pyridine rings is 1. The van der Waals surface area contributed by atoms with Gasteiger partial charge in [-0.25, -0.2) is 4.98 Å². The fraction of sp³-hybridized carbons (Fsp3) is 0.333. The lowest BCUT2D eigenvalue weighted by atomic mass is 10.1. The van der Waals surface area contributed by atoms with Gasteiger partial charge in [0.1, 0.15) is 11.2 Å². The molecule has 2 aromatic rings. The molecular weight excluding hydrogens is 254 g/mol. The number of hydrogen-bond acceptors (Lipinski definition) is 3. The molecule has 94 valence electrons. The van der Waals surface area contributed by atoms with Gasteiger partial charge in [0.05, 0.1) is 16.4 Å². The van der Waals surface area contributed by atoms with Crippen LogP contribution in [0.2, 0.25) is 5.02 Å². The Bertz CT molecular complexity index is 667. The van der Waals surface area contributed by atoms with Gasteiger partial charge < -0.3 is 15.2 Å². The van der Waals surface area contributed by atoms with Gasteiger partial charge >= 0.3 is 5.97 Å². The number of halogens is 1. The second-order valence-electron chi connectivity index (χ2n) is 4.76. The van der Waals surface area contributed by atoms with E-state index in [4.69, 9.17) is 22.4 Å². The van der Waals surface area contributed by atoms with Crippen molar-refractivity contribution in [1.82, 2.24) is 9.38 Å². The summed E-state index contributed by atoms with van der Waals surface area (Å²) in [6.45, 7) is 1.86. The van der Waals surface area contributed by atoms with Crippen LogP contribution in [0.1, 0.15) is 23.7 Å². The van der Waals surface area contributed by atoms with Crippen LogP contribution in [0.15, 0.2) is 18.3 Å². The molecule has 1 aliphatic rings. The summed E-state index contributed by atoms with van der Waals surface area (Å²) in [5.74, 6) is -1.17. The molecule has 2 atom stereocenters. The van der Waals surface area contributed by atoms with E-state index in [1.165, 1.54) is 0 Å². The van der Waals surface area contributed by atoms with Gasteiger partial charge in [0.15, 0.2) is 0 Å². The van der Waals surface area contributed by atoms with Gasteiger partial charge in [-0.05, 0) is 25.5 Å². The summed E-state index contributed by atoms with van der Waals surface area (Å²) in [6, 6.07) is 3.56. The monoisotopic (exact) mass is 265 g/mol. The maximum absolute atomic E-state index is 11.1. The summed E-state index contributed by atoms with van der Waals surface area (Å²) in [5, 5.41) is 9.70. The van der Waals surface area contributed by atoms with E-state index in [1.54, 1.807) is 18.3 Å². The fourth-order valence-corrected chi connectivity index (χ4v) is 2.59. The topological polar surface area (TPSA) is 80.6 Å². The molecule has 0 bridgehead atoms. The molecule has 18 heavy (non-hydrogen) atoms. The van der Waals surface area contributed by atoms with E-state index in [0.717, 1.165) is 17.0 Å². The first-order valence-electron chi connectivity index (χ1n) is 5.60. The number of carbonyl (C=O) groups is 1. The van der Waals surface area contributed by atoms with Crippen molar-refractivity contribution < 1.29 is 9.90 Å². The van der Waals surface area contributed by atoms with Crippen LogP contribution in [0.25, 0.3) is 5.65 Å². The molecule has 1 saturated carbocycles. The smallest absolute Gasteiger partial charge is 0.324 e. The Kier molecular flexibility index (Phi) is 2.21. The van der Waals surface area contributed by atoms with Crippen molar-refractivity contribution >= 4 is 23.2 Å². The zero-order valence-electron chi connectivity index (χ0n) is 9.72. The van der Waals surface area contributed by atoms with Crippen LogP contribution in [-0.2, 0) is 4.79 Å². The number of aliphatic carboxylic acids is 1. The minimum atomic E-state index is -1.16. The van der Waals surface area contributed by atoms with Crippen molar-refractivity contribution in [2.75, 3.05) is 0 Å². The molecule has 0 radical (unpaired) electrons. The Hall–Kier alpha value is -1.59. The number of nitrogens with zero attached hydrogens (tertiary/aromatic N) is 2. The van der Waals surface area contributed by atoms with Gasteiger partial charge in [0, 0.05) is 12.1 Å². The number of aromatic nitrogens is 2. The van der Waals surface area contributed by atoms with Crippen molar-refractivity contribution in [3.05, 3.63) is 34.7 Å². The highest BCUT2D eigenvalue weighted by Gasteiger charge is 2.60. The van der Waals surface area contributed by atoms with Crippen molar-refractivity contribution in [2.24, 2.45) is 5.73 Å². The normalized spacial score (nSPS) is 26.5. The minimum absolute atomic E-state index is 0.205. The summed E-state index contributed by atoms with van der Waals surface area (Å²) in [6.07, 6.45) is 2.18. The lowest BCUT2D eigenvalue weighted by Crippen LogP contribution is -2.34. The van der Waals surface area contributed by atoms with E-state index in [2.05, 4.69) is 4.98 Å². The zero-order valence-corrected chi connectivity index (χ0v) is 10.5. The van der Waals surface area contributed by atoms with Crippen molar-refractivity contribution in [2.45, 2.75) is 24.8 Å². The van der Waals surface area contributed by atoms with Crippen LogP contribution in [0.5, 0.6) is 0 Å². The molecule has 2 unspecified atom stereocenters. The molecular formula is C12H12ClN3O2. The Labute approximate surface area is 108 Å². The molecule has 0 amide bonds. The number of fused-ring (bicyclic) bond motifs is 1. The van der Waals surface area contributed by atoms with Gasteiger partial charge in [-0.1, -0.05) is 11.6 Å². The number of carboxylic acids is 1. The van der Waals surface area contributed by atoms with Gasteiger partial charge in [0.25, 0.3) is 0 Å². The highest BCUT2D eigenvalue weighted by Crippen LogP contribution is 2.50. The number of rotatable bonds is 2. The number of hydrogen-bond donors (Lipinski definition) is 2. The quantitative estimate of drug-likeness (QED) is 0.864. The molecule has 3 rings (SSSR count). The SMILES string of the molecule is Cc1nc2ccc(Cl)cn2c1C1CC1(N)C(=O)O. The van der Waals surface area contributed by atoms with E-state index in [0.29, 0.717) is 11.4 Å². The average molecular weight is 266 g/mol. The predicted octanol–water partition coefficient (Wildman–Crippen LogP) is 1.57. The molecule has 0 aliphatic heterocycles. The molecule has 2 heterocycles. The van der Waals surface area contributed by atoms with Crippen molar-refractivity contribution in [1.29, 1.82) is 0 Å². The first-order chi connectivity index (χ1) is 8.43. The lowest BCUT2D eigenvalue weighted by Gasteiger charge is -2.06. The number of nitrogens with two attached hydrogens (primary N) is 1. The summed E-state index contributed by atoms with van der Waals surface area (Å²) in [5.41, 5.74) is 7.09. The van der Waals surface area contributed by atoms with Crippen LogP contribution in [0.4, 0.5) is 0 Å². The summed E-state index contributed by atoms with van der Waals surface area (Å²) < 4.78 is 1.83. The summed E-state index contributed by atoms with van der Waals surface area (Å²) in [7, 11) is 0. The maximum Gasteiger partial charge on any atom is 0.324 e. The van der Waals surface area contributed by atoms with Crippen LogP contribution in [-0.4, -0.2) is 26.0 Å². The Morgan fingerprint density at radius 2 is 2.39 bits per heavy atom. The number of imidazole rings is 1. The molecule has 5 nitrogen and oxygen atoms in total. The number of aryl methyl sites for hydroxylation is 1. The third-order valence-corrected chi connectivity index (χ3v) is 3.76. The molecule has 0 saturated heterocycles. The minimum Gasteiger partial charge on any atom is -0.480 e. The van der Waals surface area contributed by atoms with Crippen LogP contribution in [0.3, 0.4) is 0 Å². The maximum atomic E-state index is 11.1. The largest absolute Gasteiger partial charge is 0.480 e. The molecule has 1 aliphatic carbocycles. The molecule has 2 aromatic heterocycles. The second kappa shape index (κ2) is 3.46. The fourth-order valence-electron chi connectivity index (χ4n) is 2.43. The van der Waals surface area contributed by atoms with E-state index >= 15 is 0 Å². The molecule has 1 fully saturated rings. The molecule has 6 heteroatoms. The van der Waals surface area contributed by atoms with Gasteiger partial charge in [-0.2, -0.15) is 0 Å². The van der Waals surface area contributed by atoms with E-state index in [9.17, 15) is 4.79 Å². The third-order valence-electron chi connectivity index (χ3n) is 3.54. The van der Waals surface area contributed by atoms with Gasteiger partial charge in [-0.3, -0.25) is 4.79 Å². The Morgan fingerprint density at radius 3 is 3.00 bits per heavy atom. The second-order valence-corrected chi connectivity index (χ2v) is 5.20. The predicted molar refractivity (Wildman–Crippen MR) is 66.9 cm³/mol. The Morgan fingerprint density at radius 1 is 1.67 bits per heavy atom. The third kappa shape index (κ3) is 1.44. The molecule has 3 N–H and O–H groups in total. The van der Waals surface area contributed by atoms with Crippen LogP contribution < -0.4 is 5.73 Å². The van der Waals surface area contributed by atoms with Crippen molar-refractivity contribution in [3.8, 4) is 0 Å². The van der Waals surface area contributed by atoms with Crippen molar-refractivity contribution in [3.63, 3.8) is 0 Å². The van der Waals surface area contributed by atoms with Crippen LogP contribution in [0, 0.1) is 6.92 Å². The average Bonchev–Trinajstić information content (AvgIpc) is 2.86. The van der Waals surface area contributed by atoms with E-state index in [1.807, 2.05) is 11.3 Å². The molecule has 0 aromatic carbocycles. The first-order valence-corrected chi connectivity index (χ1v) is 5.97. The number of carboxylic acid groups (broad SMARTS) is 1. The standard InChI is InChI=1S/C12H12ClN3O2/c1-6-10(8-4-12(8,14)11(17)18)16-5-7(13)2-3-9(16)15-6/h2-3,5,8H,4,14H2,1H3,(H,17,18). The highest BCUT2D eigenvalue weighted by atomic mass is 35.5. The lowest BCUT2D eigenvalue weighted by molar-refractivity contribution is -0.139. The first kappa shape index (κ1) is 11.5. The van der Waals surface area contributed by atoms with Crippen LogP contribution >= 0.6 is 11.6 Å². The molecule has 0 spiro atoms. The highest BCUT2D eigenvalue weighted by molar-refractivity contribution is 6.30. The van der Waals surface area contributed by atoms with Gasteiger partial charge in [0.2, 0.25) is 0 Å². The Balaban J connectivity index is 2.16. The summed E-state index contributed by atoms with van der Waals surface area (Å²) in [4.78, 5) is 15.5. The summed E-state index contributed by atoms with van der Waals surface area (Å²) >= 11 is 5.96. The van der Waals surface area contributed by atoms with E-state index < -0.39 is 11.5 Å². The van der Waals surface area contributed by atoms with E-state index in [-0.39, 0.29) is 5.92 Å². The van der Waals surface area contributed by atoms with Gasteiger partial charge in [-0.15, -0.1) is 0 Å².